The zero-order valence-corrected chi connectivity index (χ0v) is 8.82. The van der Waals surface area contributed by atoms with Crippen LogP contribution in [0.4, 0.5) is 0 Å². The van der Waals surface area contributed by atoms with Crippen molar-refractivity contribution in [1.82, 2.24) is 4.98 Å². The highest BCUT2D eigenvalue weighted by atomic mass is 16.1. The first-order valence-electron chi connectivity index (χ1n) is 4.70. The summed E-state index contributed by atoms with van der Waals surface area (Å²) in [6, 6.07) is 3.58. The topological polar surface area (TPSA) is 30.0 Å². The third-order valence-corrected chi connectivity index (χ3v) is 1.94. The molecule has 14 heavy (non-hydrogen) atoms. The van der Waals surface area contributed by atoms with Gasteiger partial charge >= 0.3 is 0 Å². The fraction of sp³-hybridized carbons (Fsp3) is 0.333. The van der Waals surface area contributed by atoms with Crippen LogP contribution >= 0.6 is 0 Å². The Balaban J connectivity index is 2.82. The van der Waals surface area contributed by atoms with Gasteiger partial charge in [0.1, 0.15) is 0 Å². The number of nitrogens with zero attached hydrogens (tertiary/aromatic N) is 1. The highest BCUT2D eigenvalue weighted by molar-refractivity contribution is 5.98. The molecule has 1 atom stereocenters. The Morgan fingerprint density at radius 1 is 1.50 bits per heavy atom. The number of allylic oxidation sites excluding steroid dienone is 2. The van der Waals surface area contributed by atoms with E-state index in [0.717, 1.165) is 5.57 Å². The summed E-state index contributed by atoms with van der Waals surface area (Å²) in [7, 11) is 0. The number of carbonyl (C=O) groups excluding carboxylic acids is 1. The van der Waals surface area contributed by atoms with Crippen molar-refractivity contribution in [2.24, 2.45) is 5.92 Å². The van der Waals surface area contributed by atoms with Crippen molar-refractivity contribution in [3.05, 3.63) is 41.7 Å². The predicted molar refractivity (Wildman–Crippen MR) is 57.2 cm³/mol. The van der Waals surface area contributed by atoms with E-state index in [1.54, 1.807) is 24.5 Å². The Labute approximate surface area is 84.7 Å². The van der Waals surface area contributed by atoms with Crippen LogP contribution in [0.1, 0.15) is 31.1 Å². The van der Waals surface area contributed by atoms with Gasteiger partial charge in [0.15, 0.2) is 5.78 Å². The minimum atomic E-state index is -0.0656. The van der Waals surface area contributed by atoms with Crippen molar-refractivity contribution in [3.8, 4) is 0 Å². The van der Waals surface area contributed by atoms with E-state index in [0.29, 0.717) is 5.56 Å². The largest absolute Gasteiger partial charge is 0.293 e. The lowest BCUT2D eigenvalue weighted by Crippen LogP contribution is -2.09. The Morgan fingerprint density at radius 2 is 2.21 bits per heavy atom. The maximum atomic E-state index is 11.8. The van der Waals surface area contributed by atoms with Crippen LogP contribution in [0.2, 0.25) is 0 Å². The molecule has 1 rings (SSSR count). The van der Waals surface area contributed by atoms with Crippen molar-refractivity contribution < 1.29 is 4.79 Å². The lowest BCUT2D eigenvalue weighted by atomic mass is 9.99. The van der Waals surface area contributed by atoms with Gasteiger partial charge in [0.25, 0.3) is 0 Å². The van der Waals surface area contributed by atoms with Crippen molar-refractivity contribution >= 4 is 5.78 Å². The van der Waals surface area contributed by atoms with Crippen molar-refractivity contribution in [1.29, 1.82) is 0 Å². The van der Waals surface area contributed by atoms with E-state index in [2.05, 4.69) is 4.98 Å². The zero-order valence-electron chi connectivity index (χ0n) is 8.82. The molecule has 0 amide bonds. The second-order valence-electron chi connectivity index (χ2n) is 3.64. The van der Waals surface area contributed by atoms with Gasteiger partial charge in [-0.2, -0.15) is 0 Å². The van der Waals surface area contributed by atoms with Crippen molar-refractivity contribution in [2.45, 2.75) is 20.8 Å². The highest BCUT2D eigenvalue weighted by Gasteiger charge is 2.12. The van der Waals surface area contributed by atoms with Crippen molar-refractivity contribution in [3.63, 3.8) is 0 Å². The zero-order chi connectivity index (χ0) is 10.6. The molecule has 0 bridgehead atoms. The van der Waals surface area contributed by atoms with E-state index in [1.165, 1.54) is 0 Å². The number of hydrogen-bond acceptors (Lipinski definition) is 2. The van der Waals surface area contributed by atoms with Gasteiger partial charge in [0, 0.05) is 23.9 Å². The number of Topliss-reactive ketones (excluding diaryl/α,β-unsaturated/α-hetero) is 1. The molecule has 0 saturated heterocycles. The molecule has 0 spiro atoms. The molecule has 74 valence electrons. The summed E-state index contributed by atoms with van der Waals surface area (Å²) >= 11 is 0. The highest BCUT2D eigenvalue weighted by Crippen LogP contribution is 2.10. The summed E-state index contributed by atoms with van der Waals surface area (Å²) in [6.45, 7) is 5.89. The average molecular weight is 189 g/mol. The number of rotatable bonds is 3. The summed E-state index contributed by atoms with van der Waals surface area (Å²) in [5.41, 5.74) is 1.84. The van der Waals surface area contributed by atoms with Gasteiger partial charge in [-0.15, -0.1) is 0 Å². The monoisotopic (exact) mass is 189 g/mol. The maximum Gasteiger partial charge on any atom is 0.170 e. The fourth-order valence-corrected chi connectivity index (χ4v) is 1.35. The average Bonchev–Trinajstić information content (AvgIpc) is 2.17. The van der Waals surface area contributed by atoms with Crippen LogP contribution in [-0.2, 0) is 0 Å². The van der Waals surface area contributed by atoms with E-state index in [1.807, 2.05) is 26.8 Å². The first-order valence-corrected chi connectivity index (χ1v) is 4.70. The normalized spacial score (nSPS) is 11.9. The molecule has 1 aromatic rings. The van der Waals surface area contributed by atoms with Gasteiger partial charge in [0.05, 0.1) is 0 Å². The van der Waals surface area contributed by atoms with Crippen LogP contribution in [-0.4, -0.2) is 10.8 Å². The first-order chi connectivity index (χ1) is 6.61. The number of hydrogen-bond donors (Lipinski definition) is 0. The summed E-state index contributed by atoms with van der Waals surface area (Å²) in [6.07, 6.45) is 5.25. The summed E-state index contributed by atoms with van der Waals surface area (Å²) in [5, 5.41) is 0. The molecule has 0 aliphatic heterocycles. The fourth-order valence-electron chi connectivity index (χ4n) is 1.35. The number of ketones is 1. The number of carbonyl (C=O) groups is 1. The molecule has 2 nitrogen and oxygen atoms in total. The molecule has 0 aromatic carbocycles. The SMILES string of the molecule is CC(C)=CC(C)C(=O)c1cccnc1. The van der Waals surface area contributed by atoms with Crippen LogP contribution in [0.5, 0.6) is 0 Å². The predicted octanol–water partition coefficient (Wildman–Crippen LogP) is 2.87. The van der Waals surface area contributed by atoms with Crippen LogP contribution in [0, 0.1) is 5.92 Å². The summed E-state index contributed by atoms with van der Waals surface area (Å²) < 4.78 is 0. The second kappa shape index (κ2) is 4.70. The standard InChI is InChI=1S/C12H15NO/c1-9(2)7-10(3)12(14)11-5-4-6-13-8-11/h4-8,10H,1-3H3. The lowest BCUT2D eigenvalue weighted by molar-refractivity contribution is 0.0952. The third-order valence-electron chi connectivity index (χ3n) is 1.94. The minimum Gasteiger partial charge on any atom is -0.293 e. The summed E-state index contributed by atoms with van der Waals surface area (Å²) in [5.74, 6) is 0.0588. The van der Waals surface area contributed by atoms with Crippen LogP contribution < -0.4 is 0 Å². The Hall–Kier alpha value is -1.44. The van der Waals surface area contributed by atoms with E-state index < -0.39 is 0 Å². The number of aromatic nitrogens is 1. The lowest BCUT2D eigenvalue weighted by Gasteiger charge is -2.05. The summed E-state index contributed by atoms with van der Waals surface area (Å²) in [4.78, 5) is 15.7. The van der Waals surface area contributed by atoms with Gasteiger partial charge in [-0.05, 0) is 26.0 Å². The molecule has 2 heteroatoms. The maximum absolute atomic E-state index is 11.8. The quantitative estimate of drug-likeness (QED) is 0.540. The molecule has 0 saturated carbocycles. The van der Waals surface area contributed by atoms with E-state index in [-0.39, 0.29) is 11.7 Å². The molecule has 0 radical (unpaired) electrons. The van der Waals surface area contributed by atoms with Crippen molar-refractivity contribution in [2.75, 3.05) is 0 Å². The molecule has 1 unspecified atom stereocenters. The minimum absolute atomic E-state index is 0.0656. The van der Waals surface area contributed by atoms with Crippen LogP contribution in [0.3, 0.4) is 0 Å². The van der Waals surface area contributed by atoms with Gasteiger partial charge in [-0.25, -0.2) is 0 Å². The van der Waals surface area contributed by atoms with Gasteiger partial charge in [-0.3, -0.25) is 9.78 Å². The second-order valence-corrected chi connectivity index (χ2v) is 3.64. The van der Waals surface area contributed by atoms with Crippen LogP contribution in [0.15, 0.2) is 36.2 Å². The first kappa shape index (κ1) is 10.6. The molecule has 0 N–H and O–H groups in total. The number of pyridine rings is 1. The van der Waals surface area contributed by atoms with E-state index >= 15 is 0 Å². The smallest absolute Gasteiger partial charge is 0.170 e. The van der Waals surface area contributed by atoms with Gasteiger partial charge < -0.3 is 0 Å². The van der Waals surface area contributed by atoms with Gasteiger partial charge in [0.2, 0.25) is 0 Å². The molecule has 0 aliphatic carbocycles. The molecular formula is C12H15NO. The van der Waals surface area contributed by atoms with Gasteiger partial charge in [-0.1, -0.05) is 18.6 Å². The Morgan fingerprint density at radius 3 is 2.71 bits per heavy atom. The Bertz CT molecular complexity index is 337. The third kappa shape index (κ3) is 2.80. The molecule has 0 aliphatic rings. The molecule has 1 aromatic heterocycles. The van der Waals surface area contributed by atoms with E-state index in [4.69, 9.17) is 0 Å². The molecule has 1 heterocycles. The van der Waals surface area contributed by atoms with E-state index in [9.17, 15) is 4.79 Å². The Kier molecular flexibility index (Phi) is 3.57. The van der Waals surface area contributed by atoms with Crippen LogP contribution in [0.25, 0.3) is 0 Å². The molecule has 0 fully saturated rings. The molecular weight excluding hydrogens is 174 g/mol.